The van der Waals surface area contributed by atoms with E-state index >= 15 is 0 Å². The van der Waals surface area contributed by atoms with Gasteiger partial charge in [-0.2, -0.15) is 72.0 Å². The summed E-state index contributed by atoms with van der Waals surface area (Å²) in [5.74, 6) is 0. The van der Waals surface area contributed by atoms with Crippen molar-refractivity contribution in [3.63, 3.8) is 0 Å². The van der Waals surface area contributed by atoms with Crippen LogP contribution in [0.1, 0.15) is 0 Å². The van der Waals surface area contributed by atoms with Crippen molar-refractivity contribution < 1.29 is 0 Å². The molecule has 0 spiro atoms. The van der Waals surface area contributed by atoms with Gasteiger partial charge in [-0.1, -0.05) is 0 Å². The topological polar surface area (TPSA) is 180 Å². The zero-order valence-corrected chi connectivity index (χ0v) is 9.50. The number of hydrazine groups is 14. The summed E-state index contributed by atoms with van der Waals surface area (Å²) in [4.78, 5) is 0. The van der Waals surface area contributed by atoms with Crippen LogP contribution in [0.3, 0.4) is 0 Å². The van der Waals surface area contributed by atoms with Crippen molar-refractivity contribution in [1.29, 1.82) is 0 Å². The van der Waals surface area contributed by atoms with Gasteiger partial charge in [0.15, 0.2) is 0 Å². The molecule has 17 heavy (non-hydrogen) atoms. The van der Waals surface area contributed by atoms with E-state index in [1.54, 1.807) is 14.1 Å². The zero-order valence-electron chi connectivity index (χ0n) is 9.50. The summed E-state index contributed by atoms with van der Waals surface area (Å²) in [5.41, 5.74) is 38.1. The van der Waals surface area contributed by atoms with Gasteiger partial charge in [0.2, 0.25) is 0 Å². The lowest BCUT2D eigenvalue weighted by Gasteiger charge is -2.13. The Bertz CT molecular complexity index is 112. The SMILES string of the molecule is CNNNNNNNNNNNNNNNC. The summed E-state index contributed by atoms with van der Waals surface area (Å²) in [6.45, 7) is 0. The van der Waals surface area contributed by atoms with Crippen molar-refractivity contribution >= 4 is 0 Å². The molecule has 0 radical (unpaired) electrons. The van der Waals surface area contributed by atoms with Crippen molar-refractivity contribution in [2.45, 2.75) is 0 Å². The molecule has 0 aliphatic carbocycles. The van der Waals surface area contributed by atoms with E-state index in [2.05, 4.69) is 82.8 Å². The van der Waals surface area contributed by atoms with Crippen LogP contribution in [-0.2, 0) is 0 Å². The third kappa shape index (κ3) is 15.4. The molecule has 0 aliphatic heterocycles. The largest absolute Gasteiger partial charge is 0.246 e. The van der Waals surface area contributed by atoms with Crippen molar-refractivity contribution in [1.82, 2.24) is 82.8 Å². The molecule has 0 rings (SSSR count). The van der Waals surface area contributed by atoms with E-state index in [1.165, 1.54) is 0 Å². The lowest BCUT2D eigenvalue weighted by molar-refractivity contribution is 0.207. The van der Waals surface area contributed by atoms with Crippen LogP contribution in [0.4, 0.5) is 0 Å². The van der Waals surface area contributed by atoms with Gasteiger partial charge in [0, 0.05) is 0 Å². The molecule has 0 aromatic heterocycles. The van der Waals surface area contributed by atoms with Gasteiger partial charge >= 0.3 is 0 Å². The molecule has 0 bridgehead atoms. The second-order valence-corrected chi connectivity index (χ2v) is 2.12. The first-order valence-electron chi connectivity index (χ1n) is 4.50. The summed E-state index contributed by atoms with van der Waals surface area (Å²) in [7, 11) is 3.42. The molecule has 0 atom stereocenters. The highest BCUT2D eigenvalue weighted by Gasteiger charge is 1.82. The highest BCUT2D eigenvalue weighted by Crippen LogP contribution is 1.28. The van der Waals surface area contributed by atoms with E-state index < -0.39 is 0 Å². The lowest BCUT2D eigenvalue weighted by Crippen LogP contribution is -2.68. The fourth-order valence-electron chi connectivity index (χ4n) is 0.469. The Labute approximate surface area is 97.9 Å². The molecule has 15 nitrogen and oxygen atoms in total. The molecule has 0 fully saturated rings. The van der Waals surface area contributed by atoms with Gasteiger partial charge in [0.1, 0.15) is 0 Å². The molecule has 0 aliphatic rings. The first kappa shape index (κ1) is 16.4. The molecule has 0 unspecified atom stereocenters. The fourth-order valence-corrected chi connectivity index (χ4v) is 0.469. The van der Waals surface area contributed by atoms with Gasteiger partial charge in [-0.05, 0) is 14.1 Å². The van der Waals surface area contributed by atoms with Crippen LogP contribution >= 0.6 is 0 Å². The summed E-state index contributed by atoms with van der Waals surface area (Å²) >= 11 is 0. The van der Waals surface area contributed by atoms with E-state index in [1.807, 2.05) is 0 Å². The van der Waals surface area contributed by atoms with Gasteiger partial charge in [0.05, 0.1) is 0 Å². The van der Waals surface area contributed by atoms with Crippen LogP contribution in [0.25, 0.3) is 0 Å². The van der Waals surface area contributed by atoms with Crippen LogP contribution < -0.4 is 82.8 Å². The number of hydrogen-bond acceptors (Lipinski definition) is 15. The van der Waals surface area contributed by atoms with Gasteiger partial charge in [-0.15, -0.1) is 0 Å². The molecule has 0 aromatic carbocycles. The summed E-state index contributed by atoms with van der Waals surface area (Å²) in [6.07, 6.45) is 0. The first-order chi connectivity index (χ1) is 8.41. The molecule has 15 heteroatoms. The highest BCUT2D eigenvalue weighted by molar-refractivity contribution is 4.16. The maximum atomic E-state index is 2.63. The quantitative estimate of drug-likeness (QED) is 0.104. The molecular weight excluding hydrogens is 234 g/mol. The fraction of sp³-hybridized carbons (Fsp3) is 1.00. The second-order valence-electron chi connectivity index (χ2n) is 2.12. The van der Waals surface area contributed by atoms with Gasteiger partial charge in [-0.25, -0.2) is 10.9 Å². The molecule has 0 heterocycles. The molecule has 104 valence electrons. The number of nitrogens with one attached hydrogen (secondary N) is 15. The minimum Gasteiger partial charge on any atom is -0.246 e. The van der Waals surface area contributed by atoms with E-state index in [0.717, 1.165) is 0 Å². The van der Waals surface area contributed by atoms with Crippen LogP contribution in [-0.4, -0.2) is 14.1 Å². The van der Waals surface area contributed by atoms with Crippen LogP contribution in [0.15, 0.2) is 0 Å². The highest BCUT2D eigenvalue weighted by atomic mass is 16.0. The summed E-state index contributed by atoms with van der Waals surface area (Å²) in [6, 6.07) is 0. The number of hydrogen-bond donors (Lipinski definition) is 15. The monoisotopic (exact) mass is 255 g/mol. The van der Waals surface area contributed by atoms with E-state index in [4.69, 9.17) is 0 Å². The lowest BCUT2D eigenvalue weighted by atomic mass is 11.5. The van der Waals surface area contributed by atoms with E-state index in [9.17, 15) is 0 Å². The first-order valence-corrected chi connectivity index (χ1v) is 4.50. The molecule has 0 amide bonds. The predicted molar refractivity (Wildman–Crippen MR) is 58.9 cm³/mol. The molecule has 0 saturated heterocycles. The van der Waals surface area contributed by atoms with E-state index in [0.29, 0.717) is 0 Å². The van der Waals surface area contributed by atoms with Crippen molar-refractivity contribution in [3.05, 3.63) is 0 Å². The molecule has 15 N–H and O–H groups in total. The Morgan fingerprint density at radius 1 is 0.294 bits per heavy atom. The second kappa shape index (κ2) is 15.4. The van der Waals surface area contributed by atoms with E-state index in [-0.39, 0.29) is 0 Å². The molecular formula is C2H21N15. The Kier molecular flexibility index (Phi) is 14.9. The summed E-state index contributed by atoms with van der Waals surface area (Å²) < 4.78 is 0. The maximum Gasteiger partial charge on any atom is -0.000111 e. The van der Waals surface area contributed by atoms with Crippen molar-refractivity contribution in [2.24, 2.45) is 0 Å². The normalized spacial score (nSPS) is 10.9. The summed E-state index contributed by atoms with van der Waals surface area (Å²) in [5, 5.41) is 0. The third-order valence-electron chi connectivity index (χ3n) is 1.00. The number of rotatable bonds is 14. The Morgan fingerprint density at radius 2 is 0.471 bits per heavy atom. The molecule has 0 saturated carbocycles. The minimum absolute atomic E-state index is 1.71. The standard InChI is InChI=1S/C2H21N15/c1-3-5-7-9-11-13-15-17-16-14-12-10-8-6-4-2/h3-17H,1-2H3. The van der Waals surface area contributed by atoms with Crippen LogP contribution in [0.2, 0.25) is 0 Å². The van der Waals surface area contributed by atoms with Crippen LogP contribution in [0.5, 0.6) is 0 Å². The maximum absolute atomic E-state index is 2.63. The third-order valence-corrected chi connectivity index (χ3v) is 1.00. The Hall–Kier alpha value is -0.600. The van der Waals surface area contributed by atoms with Crippen LogP contribution in [0, 0.1) is 0 Å². The Morgan fingerprint density at radius 3 is 0.647 bits per heavy atom. The van der Waals surface area contributed by atoms with Gasteiger partial charge in [0.25, 0.3) is 0 Å². The van der Waals surface area contributed by atoms with Crippen molar-refractivity contribution in [3.8, 4) is 0 Å². The average Bonchev–Trinajstić information content (AvgIpc) is 2.35. The van der Waals surface area contributed by atoms with Gasteiger partial charge < -0.3 is 0 Å². The average molecular weight is 255 g/mol. The minimum atomic E-state index is 1.71. The van der Waals surface area contributed by atoms with Gasteiger partial charge in [-0.3, -0.25) is 0 Å². The molecule has 0 aromatic rings. The van der Waals surface area contributed by atoms with Crippen molar-refractivity contribution in [2.75, 3.05) is 14.1 Å². The predicted octanol–water partition coefficient (Wildman–Crippen LogP) is -7.10. The Balaban J connectivity index is 2.85. The zero-order chi connectivity index (χ0) is 12.6. The smallest absolute Gasteiger partial charge is 0.000111 e.